The quantitative estimate of drug-likeness (QED) is 0.221. The first-order valence-electron chi connectivity index (χ1n) is 12.0. The molecule has 0 aromatic carbocycles. The van der Waals surface area contributed by atoms with Crippen molar-refractivity contribution in [3.63, 3.8) is 0 Å². The Morgan fingerprint density at radius 1 is 0.581 bits per heavy atom. The van der Waals surface area contributed by atoms with Gasteiger partial charge in [0, 0.05) is 39.6 Å². The number of carbonyl (C=O) groups excluding carboxylic acids is 2. The molecule has 0 atom stereocenters. The van der Waals surface area contributed by atoms with Crippen molar-refractivity contribution < 1.29 is 28.5 Å². The summed E-state index contributed by atoms with van der Waals surface area (Å²) in [6, 6.07) is 0. The Bertz CT molecular complexity index is 410. The van der Waals surface area contributed by atoms with E-state index >= 15 is 0 Å². The zero-order valence-electron chi connectivity index (χ0n) is 19.9. The predicted octanol–water partition coefficient (Wildman–Crippen LogP) is 2.84. The fourth-order valence-electron chi connectivity index (χ4n) is 2.85. The van der Waals surface area contributed by atoms with E-state index in [1.165, 1.54) is 32.1 Å². The molecule has 0 rings (SSSR count). The van der Waals surface area contributed by atoms with Crippen LogP contribution in [0.15, 0.2) is 0 Å². The van der Waals surface area contributed by atoms with Gasteiger partial charge in [-0.05, 0) is 12.8 Å². The number of unbranched alkanes of at least 4 members (excludes halogenated alkanes) is 6. The Hall–Kier alpha value is -1.22. The minimum Gasteiger partial charge on any atom is -0.382 e. The molecule has 0 aliphatic carbocycles. The monoisotopic (exact) mass is 446 g/mol. The van der Waals surface area contributed by atoms with Crippen molar-refractivity contribution in [1.29, 1.82) is 0 Å². The molecule has 8 heteroatoms. The van der Waals surface area contributed by atoms with Crippen LogP contribution in [0.25, 0.3) is 0 Å². The number of hydrogen-bond acceptors (Lipinski definition) is 6. The lowest BCUT2D eigenvalue weighted by Crippen LogP contribution is -2.27. The van der Waals surface area contributed by atoms with Gasteiger partial charge in [0.2, 0.25) is 11.8 Å². The first kappa shape index (κ1) is 29.8. The molecule has 0 aromatic rings. The summed E-state index contributed by atoms with van der Waals surface area (Å²) in [5.74, 6) is 0.107. The summed E-state index contributed by atoms with van der Waals surface area (Å²) in [6.45, 7) is 6.82. The maximum atomic E-state index is 11.7. The van der Waals surface area contributed by atoms with E-state index in [0.717, 1.165) is 12.8 Å². The van der Waals surface area contributed by atoms with Gasteiger partial charge < -0.3 is 29.6 Å². The van der Waals surface area contributed by atoms with Crippen molar-refractivity contribution in [3.8, 4) is 0 Å². The zero-order chi connectivity index (χ0) is 22.8. The Morgan fingerprint density at radius 3 is 1.65 bits per heavy atom. The van der Waals surface area contributed by atoms with Gasteiger partial charge >= 0.3 is 0 Å². The molecular weight excluding hydrogens is 400 g/mol. The van der Waals surface area contributed by atoms with Crippen molar-refractivity contribution in [2.75, 3.05) is 66.4 Å². The van der Waals surface area contributed by atoms with E-state index in [9.17, 15) is 9.59 Å². The van der Waals surface area contributed by atoms with Gasteiger partial charge in [-0.25, -0.2) is 0 Å². The van der Waals surface area contributed by atoms with Gasteiger partial charge in [0.05, 0.1) is 39.6 Å². The molecule has 0 heterocycles. The molecule has 184 valence electrons. The van der Waals surface area contributed by atoms with Crippen LogP contribution in [-0.4, -0.2) is 78.3 Å². The van der Waals surface area contributed by atoms with E-state index in [1.54, 1.807) is 7.11 Å². The van der Waals surface area contributed by atoms with Crippen LogP contribution in [0, 0.1) is 0 Å². The lowest BCUT2D eigenvalue weighted by atomic mass is 10.1. The Balaban J connectivity index is 3.23. The minimum absolute atomic E-state index is 0.00225. The molecule has 31 heavy (non-hydrogen) atoms. The van der Waals surface area contributed by atoms with E-state index in [4.69, 9.17) is 18.9 Å². The lowest BCUT2D eigenvalue weighted by Gasteiger charge is -2.08. The van der Waals surface area contributed by atoms with Gasteiger partial charge in [-0.3, -0.25) is 9.59 Å². The van der Waals surface area contributed by atoms with Gasteiger partial charge in [-0.2, -0.15) is 0 Å². The number of methoxy groups -OCH3 is 1. The largest absolute Gasteiger partial charge is 0.382 e. The highest BCUT2D eigenvalue weighted by Gasteiger charge is 2.02. The van der Waals surface area contributed by atoms with Gasteiger partial charge in [0.25, 0.3) is 0 Å². The Kier molecular flexibility index (Phi) is 24.1. The molecular formula is C23H46N2O6. The van der Waals surface area contributed by atoms with Crippen LogP contribution in [0.5, 0.6) is 0 Å². The van der Waals surface area contributed by atoms with Crippen molar-refractivity contribution in [2.24, 2.45) is 0 Å². The van der Waals surface area contributed by atoms with Crippen molar-refractivity contribution >= 4 is 11.8 Å². The summed E-state index contributed by atoms with van der Waals surface area (Å²) < 4.78 is 21.0. The molecule has 0 bridgehead atoms. The molecule has 2 N–H and O–H groups in total. The van der Waals surface area contributed by atoms with E-state index in [2.05, 4.69) is 17.6 Å². The summed E-state index contributed by atoms with van der Waals surface area (Å²) in [6.07, 6.45) is 10.2. The summed E-state index contributed by atoms with van der Waals surface area (Å²) in [5, 5.41) is 5.68. The standard InChI is InChI=1S/C23H46N2O6/c1-3-4-5-6-7-8-9-11-22(26)24-14-17-31-21-20-29-15-10-12-23(27)25-13-16-30-19-18-28-2/h3-21H2,1-2H3,(H,24,26)(H,25,27). The number of amides is 2. The molecule has 0 spiro atoms. The highest BCUT2D eigenvalue weighted by Crippen LogP contribution is 2.08. The maximum Gasteiger partial charge on any atom is 0.220 e. The van der Waals surface area contributed by atoms with E-state index in [1.807, 2.05) is 0 Å². The fraction of sp³-hybridized carbons (Fsp3) is 0.913. The highest BCUT2D eigenvalue weighted by atomic mass is 16.5. The number of ether oxygens (including phenoxy) is 4. The van der Waals surface area contributed by atoms with Crippen LogP contribution in [0.4, 0.5) is 0 Å². The Labute approximate surface area is 189 Å². The predicted molar refractivity (Wildman–Crippen MR) is 122 cm³/mol. The molecule has 0 unspecified atom stereocenters. The minimum atomic E-state index is 0.00225. The van der Waals surface area contributed by atoms with Crippen LogP contribution in [-0.2, 0) is 28.5 Å². The van der Waals surface area contributed by atoms with Gasteiger partial charge in [0.15, 0.2) is 0 Å². The Morgan fingerprint density at radius 2 is 1.06 bits per heavy atom. The van der Waals surface area contributed by atoms with Crippen molar-refractivity contribution in [3.05, 3.63) is 0 Å². The zero-order valence-corrected chi connectivity index (χ0v) is 19.9. The number of nitrogens with one attached hydrogen (secondary N) is 2. The second-order valence-corrected chi connectivity index (χ2v) is 7.50. The van der Waals surface area contributed by atoms with Crippen molar-refractivity contribution in [1.82, 2.24) is 10.6 Å². The van der Waals surface area contributed by atoms with Crippen LogP contribution >= 0.6 is 0 Å². The molecule has 0 radical (unpaired) electrons. The topological polar surface area (TPSA) is 95.1 Å². The first-order chi connectivity index (χ1) is 15.2. The SMILES string of the molecule is CCCCCCCCCC(=O)NCCOCCOCCCC(=O)NCCOCCOC. The van der Waals surface area contributed by atoms with Crippen LogP contribution in [0.2, 0.25) is 0 Å². The third-order valence-corrected chi connectivity index (χ3v) is 4.64. The molecule has 8 nitrogen and oxygen atoms in total. The number of rotatable bonds is 24. The average Bonchev–Trinajstić information content (AvgIpc) is 2.76. The number of hydrogen-bond donors (Lipinski definition) is 2. The molecule has 0 aliphatic heterocycles. The van der Waals surface area contributed by atoms with Crippen LogP contribution in [0.3, 0.4) is 0 Å². The molecule has 0 aliphatic rings. The highest BCUT2D eigenvalue weighted by molar-refractivity contribution is 5.76. The summed E-state index contributed by atoms with van der Waals surface area (Å²) in [7, 11) is 1.62. The van der Waals surface area contributed by atoms with E-state index in [0.29, 0.717) is 78.6 Å². The molecule has 0 saturated carbocycles. The first-order valence-corrected chi connectivity index (χ1v) is 12.0. The van der Waals surface area contributed by atoms with Crippen LogP contribution in [0.1, 0.15) is 71.1 Å². The van der Waals surface area contributed by atoms with Gasteiger partial charge in [-0.15, -0.1) is 0 Å². The lowest BCUT2D eigenvalue weighted by molar-refractivity contribution is -0.122. The molecule has 2 amide bonds. The van der Waals surface area contributed by atoms with Crippen molar-refractivity contribution in [2.45, 2.75) is 71.1 Å². The summed E-state index contributed by atoms with van der Waals surface area (Å²) >= 11 is 0. The summed E-state index contributed by atoms with van der Waals surface area (Å²) in [5.41, 5.74) is 0. The van der Waals surface area contributed by atoms with E-state index in [-0.39, 0.29) is 11.8 Å². The fourth-order valence-corrected chi connectivity index (χ4v) is 2.85. The van der Waals surface area contributed by atoms with Gasteiger partial charge in [-0.1, -0.05) is 45.4 Å². The third-order valence-electron chi connectivity index (χ3n) is 4.64. The van der Waals surface area contributed by atoms with E-state index < -0.39 is 0 Å². The van der Waals surface area contributed by atoms with Gasteiger partial charge in [0.1, 0.15) is 0 Å². The second kappa shape index (κ2) is 25.0. The third kappa shape index (κ3) is 24.9. The normalized spacial score (nSPS) is 10.9. The second-order valence-electron chi connectivity index (χ2n) is 7.50. The molecule has 0 aromatic heterocycles. The maximum absolute atomic E-state index is 11.7. The average molecular weight is 447 g/mol. The summed E-state index contributed by atoms with van der Waals surface area (Å²) in [4.78, 5) is 23.4. The van der Waals surface area contributed by atoms with Crippen LogP contribution < -0.4 is 10.6 Å². The number of carbonyl (C=O) groups is 2. The molecule has 0 saturated heterocycles. The molecule has 0 fully saturated rings. The smallest absolute Gasteiger partial charge is 0.220 e.